The Bertz CT molecular complexity index is 872. The zero-order valence-corrected chi connectivity index (χ0v) is 14.7. The van der Waals surface area contributed by atoms with E-state index < -0.39 is 0 Å². The van der Waals surface area contributed by atoms with Gasteiger partial charge in [0.1, 0.15) is 5.82 Å². The number of halogens is 1. The van der Waals surface area contributed by atoms with Gasteiger partial charge in [0.2, 0.25) is 0 Å². The largest absolute Gasteiger partial charge is 0.302 e. The molecule has 0 saturated carbocycles. The van der Waals surface area contributed by atoms with Crippen LogP contribution in [0.1, 0.15) is 17.1 Å². The topological polar surface area (TPSA) is 43.6 Å². The molecule has 3 aromatic rings. The van der Waals surface area contributed by atoms with Gasteiger partial charge in [0, 0.05) is 17.7 Å². The van der Waals surface area contributed by atoms with E-state index in [2.05, 4.69) is 16.8 Å². The van der Waals surface area contributed by atoms with Crippen LogP contribution in [0.4, 0.5) is 0 Å². The van der Waals surface area contributed by atoms with E-state index in [0.717, 1.165) is 38.2 Å². The van der Waals surface area contributed by atoms with Crippen molar-refractivity contribution in [2.75, 3.05) is 0 Å². The third-order valence-corrected chi connectivity index (χ3v) is 5.18. The van der Waals surface area contributed by atoms with Gasteiger partial charge in [-0.25, -0.2) is 0 Å². The molecule has 0 bridgehead atoms. The molecule has 0 aliphatic carbocycles. The summed E-state index contributed by atoms with van der Waals surface area (Å²) in [6.07, 6.45) is 1.84. The Labute approximate surface area is 144 Å². The first-order valence-electron chi connectivity index (χ1n) is 7.29. The van der Waals surface area contributed by atoms with E-state index in [1.807, 2.05) is 48.8 Å². The zero-order chi connectivity index (χ0) is 16.4. The molecule has 118 valence electrons. The maximum Gasteiger partial charge on any atom is 0.191 e. The summed E-state index contributed by atoms with van der Waals surface area (Å²) in [6, 6.07) is 8.05. The summed E-state index contributed by atoms with van der Waals surface area (Å²) in [6.45, 7) is 8.44. The summed E-state index contributed by atoms with van der Waals surface area (Å²) in [5.74, 6) is 1.53. The molecule has 2 heterocycles. The van der Waals surface area contributed by atoms with Crippen molar-refractivity contribution in [3.05, 3.63) is 59.0 Å². The summed E-state index contributed by atoms with van der Waals surface area (Å²) in [5, 5.41) is 11.0. The molecule has 0 unspecified atom stereocenters. The van der Waals surface area contributed by atoms with Gasteiger partial charge in [-0.2, -0.15) is 0 Å². The first-order chi connectivity index (χ1) is 11.1. The smallest absolute Gasteiger partial charge is 0.191 e. The predicted molar refractivity (Wildman–Crippen MR) is 96.0 cm³/mol. The molecule has 0 spiro atoms. The summed E-state index contributed by atoms with van der Waals surface area (Å²) in [7, 11) is 0. The van der Waals surface area contributed by atoms with Gasteiger partial charge >= 0.3 is 0 Å². The number of thioether (sulfide) groups is 1. The van der Waals surface area contributed by atoms with Crippen LogP contribution < -0.4 is 0 Å². The second kappa shape index (κ2) is 6.72. The van der Waals surface area contributed by atoms with Crippen LogP contribution in [0.15, 0.2) is 42.1 Å². The quantitative estimate of drug-likeness (QED) is 0.502. The van der Waals surface area contributed by atoms with Crippen molar-refractivity contribution < 1.29 is 0 Å². The molecule has 3 rings (SSSR count). The second-order valence-electron chi connectivity index (χ2n) is 5.23. The number of hydrogen-bond acceptors (Lipinski definition) is 4. The fraction of sp³-hybridized carbons (Fsp3) is 0.235. The van der Waals surface area contributed by atoms with Crippen LogP contribution >= 0.6 is 23.4 Å². The number of para-hydroxylation sites is 1. The number of rotatable bonds is 5. The monoisotopic (exact) mass is 344 g/mol. The molecule has 2 aromatic heterocycles. The lowest BCUT2D eigenvalue weighted by atomic mass is 10.1. The summed E-state index contributed by atoms with van der Waals surface area (Å²) >= 11 is 8.10. The van der Waals surface area contributed by atoms with Crippen LogP contribution in [0, 0.1) is 13.8 Å². The normalized spacial score (nSPS) is 11.1. The number of pyridine rings is 1. The Hall–Kier alpha value is -1.85. The lowest BCUT2D eigenvalue weighted by molar-refractivity contribution is 0.703. The van der Waals surface area contributed by atoms with Gasteiger partial charge in [0.05, 0.1) is 16.2 Å². The van der Waals surface area contributed by atoms with Crippen molar-refractivity contribution in [1.29, 1.82) is 0 Å². The molecular formula is C17H17ClN4S. The van der Waals surface area contributed by atoms with Gasteiger partial charge in [-0.3, -0.25) is 4.98 Å². The van der Waals surface area contributed by atoms with Crippen LogP contribution in [-0.4, -0.2) is 19.7 Å². The molecule has 0 amide bonds. The molecular weight excluding hydrogens is 328 g/mol. The van der Waals surface area contributed by atoms with Crippen LogP contribution in [-0.2, 0) is 12.3 Å². The third-order valence-electron chi connectivity index (χ3n) is 3.70. The minimum absolute atomic E-state index is 0.653. The molecule has 0 N–H and O–H groups in total. The molecule has 23 heavy (non-hydrogen) atoms. The van der Waals surface area contributed by atoms with Crippen molar-refractivity contribution >= 4 is 34.3 Å². The van der Waals surface area contributed by atoms with Crippen LogP contribution in [0.5, 0.6) is 0 Å². The number of allylic oxidation sites excluding steroid dienone is 1. The Morgan fingerprint density at radius 1 is 1.26 bits per heavy atom. The molecule has 6 heteroatoms. The van der Waals surface area contributed by atoms with Crippen molar-refractivity contribution in [1.82, 2.24) is 19.7 Å². The molecule has 0 aliphatic rings. The minimum Gasteiger partial charge on any atom is -0.302 e. The number of aryl methyl sites for hydroxylation is 2. The number of aromatic nitrogens is 4. The maximum atomic E-state index is 6.51. The molecule has 0 saturated heterocycles. The molecule has 0 atom stereocenters. The average molecular weight is 345 g/mol. The molecule has 4 nitrogen and oxygen atoms in total. The number of nitrogens with zero attached hydrogens (tertiary/aromatic N) is 4. The highest BCUT2D eigenvalue weighted by molar-refractivity contribution is 7.98. The van der Waals surface area contributed by atoms with Crippen LogP contribution in [0.2, 0.25) is 5.02 Å². The van der Waals surface area contributed by atoms with Gasteiger partial charge < -0.3 is 4.57 Å². The molecule has 0 radical (unpaired) electrons. The highest BCUT2D eigenvalue weighted by atomic mass is 35.5. The van der Waals surface area contributed by atoms with Crippen LogP contribution in [0.25, 0.3) is 10.9 Å². The second-order valence-corrected chi connectivity index (χ2v) is 6.55. The van der Waals surface area contributed by atoms with E-state index in [1.165, 1.54) is 0 Å². The summed E-state index contributed by atoms with van der Waals surface area (Å²) < 4.78 is 2.03. The minimum atomic E-state index is 0.653. The number of hydrogen-bond donors (Lipinski definition) is 0. The van der Waals surface area contributed by atoms with E-state index >= 15 is 0 Å². The van der Waals surface area contributed by atoms with Gasteiger partial charge in [-0.15, -0.1) is 16.8 Å². The first-order valence-corrected chi connectivity index (χ1v) is 8.65. The Kier molecular flexibility index (Phi) is 4.68. The van der Waals surface area contributed by atoms with Gasteiger partial charge in [-0.05, 0) is 25.5 Å². The van der Waals surface area contributed by atoms with E-state index in [0.29, 0.717) is 12.3 Å². The van der Waals surface area contributed by atoms with Crippen LogP contribution in [0.3, 0.4) is 0 Å². The van der Waals surface area contributed by atoms with Crippen molar-refractivity contribution in [2.45, 2.75) is 31.3 Å². The lowest BCUT2D eigenvalue weighted by Gasteiger charge is -2.10. The van der Waals surface area contributed by atoms with E-state index in [9.17, 15) is 0 Å². The highest BCUT2D eigenvalue weighted by Gasteiger charge is 2.13. The Morgan fingerprint density at radius 2 is 2.04 bits per heavy atom. The van der Waals surface area contributed by atoms with Gasteiger partial charge in [-0.1, -0.05) is 47.6 Å². The van der Waals surface area contributed by atoms with E-state index in [4.69, 9.17) is 16.6 Å². The molecule has 0 aliphatic heterocycles. The Morgan fingerprint density at radius 3 is 2.83 bits per heavy atom. The summed E-state index contributed by atoms with van der Waals surface area (Å²) in [5.41, 5.74) is 2.91. The fourth-order valence-electron chi connectivity index (χ4n) is 2.45. The van der Waals surface area contributed by atoms with E-state index in [-0.39, 0.29) is 0 Å². The van der Waals surface area contributed by atoms with Crippen molar-refractivity contribution in [3.8, 4) is 0 Å². The lowest BCUT2D eigenvalue weighted by Crippen LogP contribution is -2.01. The first kappa shape index (κ1) is 16.0. The average Bonchev–Trinajstić information content (AvgIpc) is 2.90. The molecule has 0 fully saturated rings. The SMILES string of the molecule is C=CCn1c(C)nnc1SCc1nc2ccccc2c(C)c1Cl. The van der Waals surface area contributed by atoms with Gasteiger partial charge in [0.25, 0.3) is 0 Å². The maximum absolute atomic E-state index is 6.51. The standard InChI is InChI=1S/C17H17ClN4S/c1-4-9-22-12(3)20-21-17(22)23-10-15-16(18)11(2)13-7-5-6-8-14(13)19-15/h4-8H,1,9-10H2,2-3H3. The zero-order valence-electron chi connectivity index (χ0n) is 13.1. The van der Waals surface area contributed by atoms with E-state index in [1.54, 1.807) is 11.8 Å². The highest BCUT2D eigenvalue weighted by Crippen LogP contribution is 2.31. The van der Waals surface area contributed by atoms with Gasteiger partial charge in [0.15, 0.2) is 5.16 Å². The molecule has 1 aromatic carbocycles. The fourth-order valence-corrected chi connectivity index (χ4v) is 3.68. The van der Waals surface area contributed by atoms with Crippen molar-refractivity contribution in [2.24, 2.45) is 0 Å². The number of fused-ring (bicyclic) bond motifs is 1. The Balaban J connectivity index is 1.90. The predicted octanol–water partition coefficient (Wildman–Crippen LogP) is 4.57. The van der Waals surface area contributed by atoms with Crippen molar-refractivity contribution in [3.63, 3.8) is 0 Å². The third kappa shape index (κ3) is 3.12. The summed E-state index contributed by atoms with van der Waals surface area (Å²) in [4.78, 5) is 4.70. The number of benzene rings is 1.